The number of aryl methyl sites for hydroxylation is 1. The summed E-state index contributed by atoms with van der Waals surface area (Å²) in [4.78, 5) is 17.3. The van der Waals surface area contributed by atoms with E-state index in [0.717, 1.165) is 0 Å². The maximum atomic E-state index is 10.8. The average Bonchev–Trinajstić information content (AvgIpc) is 2.78. The largest absolute Gasteiger partial charge is 0.478 e. The molecule has 0 aliphatic rings. The highest BCUT2D eigenvalue weighted by Crippen LogP contribution is 2.27. The maximum absolute atomic E-state index is 10.8. The molecule has 4 N–H and O–H groups in total. The van der Waals surface area contributed by atoms with Gasteiger partial charge in [0.2, 0.25) is 0 Å². The molecule has 0 bridgehead atoms. The van der Waals surface area contributed by atoms with Gasteiger partial charge in [-0.15, -0.1) is 11.3 Å². The van der Waals surface area contributed by atoms with Gasteiger partial charge in [-0.3, -0.25) is 0 Å². The first-order valence-corrected chi connectivity index (χ1v) is 6.60. The number of carbonyl (C=O) groups is 1. The van der Waals surface area contributed by atoms with Gasteiger partial charge in [0.25, 0.3) is 0 Å². The molecule has 19 heavy (non-hydrogen) atoms. The second kappa shape index (κ2) is 5.27. The molecule has 1 unspecified atom stereocenters. The van der Waals surface area contributed by atoms with Crippen molar-refractivity contribution in [1.29, 1.82) is 0 Å². The molecule has 0 aliphatic heterocycles. The SMILES string of the molecule is Cc1ccc(C(C)Nc2ncc(C(=O)O)cc2N)s1. The van der Waals surface area contributed by atoms with Crippen LogP contribution in [0.4, 0.5) is 11.5 Å². The van der Waals surface area contributed by atoms with E-state index in [1.807, 2.05) is 6.92 Å². The number of nitrogens with zero attached hydrogens (tertiary/aromatic N) is 1. The predicted molar refractivity (Wildman–Crippen MR) is 76.7 cm³/mol. The van der Waals surface area contributed by atoms with Crippen molar-refractivity contribution >= 4 is 28.8 Å². The lowest BCUT2D eigenvalue weighted by molar-refractivity contribution is 0.0696. The number of thiophene rings is 1. The Morgan fingerprint density at radius 3 is 2.79 bits per heavy atom. The third kappa shape index (κ3) is 3.03. The summed E-state index contributed by atoms with van der Waals surface area (Å²) in [6.45, 7) is 4.06. The van der Waals surface area contributed by atoms with Crippen LogP contribution in [0.25, 0.3) is 0 Å². The van der Waals surface area contributed by atoms with E-state index in [4.69, 9.17) is 10.8 Å². The molecular formula is C13H15N3O2S. The molecule has 100 valence electrons. The Labute approximate surface area is 115 Å². The summed E-state index contributed by atoms with van der Waals surface area (Å²) in [5.41, 5.74) is 6.22. The summed E-state index contributed by atoms with van der Waals surface area (Å²) >= 11 is 1.70. The summed E-state index contributed by atoms with van der Waals surface area (Å²) in [6.07, 6.45) is 1.30. The molecule has 2 aromatic rings. The molecule has 0 amide bonds. The zero-order valence-corrected chi connectivity index (χ0v) is 11.5. The first-order chi connectivity index (χ1) is 8.97. The van der Waals surface area contributed by atoms with Crippen molar-refractivity contribution in [3.8, 4) is 0 Å². The number of carboxylic acids is 1. The molecule has 2 aromatic heterocycles. The monoisotopic (exact) mass is 277 g/mol. The van der Waals surface area contributed by atoms with Gasteiger partial charge in [-0.05, 0) is 32.0 Å². The number of aromatic nitrogens is 1. The van der Waals surface area contributed by atoms with Gasteiger partial charge in [-0.2, -0.15) is 0 Å². The van der Waals surface area contributed by atoms with Gasteiger partial charge in [-0.1, -0.05) is 0 Å². The number of anilines is 2. The van der Waals surface area contributed by atoms with Crippen molar-refractivity contribution in [2.45, 2.75) is 19.9 Å². The molecule has 6 heteroatoms. The van der Waals surface area contributed by atoms with Crippen LogP contribution in [0, 0.1) is 6.92 Å². The van der Waals surface area contributed by atoms with Crippen LogP contribution in [0.3, 0.4) is 0 Å². The van der Waals surface area contributed by atoms with E-state index in [0.29, 0.717) is 11.5 Å². The Morgan fingerprint density at radius 2 is 2.26 bits per heavy atom. The highest BCUT2D eigenvalue weighted by molar-refractivity contribution is 7.12. The minimum absolute atomic E-state index is 0.0733. The number of carboxylic acid groups (broad SMARTS) is 1. The van der Waals surface area contributed by atoms with Crippen LogP contribution in [0.1, 0.15) is 33.1 Å². The predicted octanol–water partition coefficient (Wildman–Crippen LogP) is 2.91. The number of rotatable bonds is 4. The molecule has 2 rings (SSSR count). The summed E-state index contributed by atoms with van der Waals surface area (Å²) in [5, 5.41) is 12.0. The van der Waals surface area contributed by atoms with Crippen molar-refractivity contribution in [2.24, 2.45) is 0 Å². The fraction of sp³-hybridized carbons (Fsp3) is 0.231. The molecule has 0 fully saturated rings. The molecule has 1 atom stereocenters. The second-order valence-corrected chi connectivity index (χ2v) is 5.60. The van der Waals surface area contributed by atoms with Crippen LogP contribution >= 0.6 is 11.3 Å². The highest BCUT2D eigenvalue weighted by atomic mass is 32.1. The van der Waals surface area contributed by atoms with Gasteiger partial charge >= 0.3 is 5.97 Å². The number of aromatic carboxylic acids is 1. The lowest BCUT2D eigenvalue weighted by Gasteiger charge is -2.14. The van der Waals surface area contributed by atoms with Gasteiger partial charge in [0, 0.05) is 16.0 Å². The highest BCUT2D eigenvalue weighted by Gasteiger charge is 2.12. The van der Waals surface area contributed by atoms with E-state index in [-0.39, 0.29) is 11.6 Å². The molecular weight excluding hydrogens is 262 g/mol. The van der Waals surface area contributed by atoms with Gasteiger partial charge in [0.1, 0.15) is 5.82 Å². The number of nitrogens with one attached hydrogen (secondary N) is 1. The molecule has 0 aromatic carbocycles. The van der Waals surface area contributed by atoms with Crippen molar-refractivity contribution < 1.29 is 9.90 Å². The van der Waals surface area contributed by atoms with Crippen LogP contribution in [0.2, 0.25) is 0 Å². The lowest BCUT2D eigenvalue weighted by Crippen LogP contribution is -2.10. The summed E-state index contributed by atoms with van der Waals surface area (Å²) < 4.78 is 0. The topological polar surface area (TPSA) is 88.2 Å². The van der Waals surface area contributed by atoms with Crippen LogP contribution in [0.5, 0.6) is 0 Å². The van der Waals surface area contributed by atoms with Crippen molar-refractivity contribution in [1.82, 2.24) is 4.98 Å². The van der Waals surface area contributed by atoms with E-state index in [1.165, 1.54) is 22.0 Å². The smallest absolute Gasteiger partial charge is 0.337 e. The minimum atomic E-state index is -1.03. The Hall–Kier alpha value is -2.08. The minimum Gasteiger partial charge on any atom is -0.478 e. The average molecular weight is 277 g/mol. The van der Waals surface area contributed by atoms with Gasteiger partial charge in [0.05, 0.1) is 17.3 Å². The lowest BCUT2D eigenvalue weighted by atomic mass is 10.2. The van der Waals surface area contributed by atoms with E-state index < -0.39 is 5.97 Å². The Bertz CT molecular complexity index is 610. The quantitative estimate of drug-likeness (QED) is 0.799. The zero-order chi connectivity index (χ0) is 14.0. The standard InChI is InChI=1S/C13H15N3O2S/c1-7-3-4-11(19-7)8(2)16-12-10(14)5-9(6-15-12)13(17)18/h3-6,8H,14H2,1-2H3,(H,15,16)(H,17,18). The van der Waals surface area contributed by atoms with E-state index in [1.54, 1.807) is 11.3 Å². The molecule has 2 heterocycles. The Kier molecular flexibility index (Phi) is 3.71. The number of hydrogen-bond donors (Lipinski definition) is 3. The number of hydrogen-bond acceptors (Lipinski definition) is 5. The van der Waals surface area contributed by atoms with Crippen molar-refractivity contribution in [3.05, 3.63) is 39.7 Å². The van der Waals surface area contributed by atoms with Crippen LogP contribution in [-0.4, -0.2) is 16.1 Å². The zero-order valence-electron chi connectivity index (χ0n) is 10.7. The number of nitrogens with two attached hydrogens (primary N) is 1. The molecule has 0 spiro atoms. The summed E-state index contributed by atoms with van der Waals surface area (Å²) in [6, 6.07) is 5.59. The third-order valence-corrected chi connectivity index (χ3v) is 3.89. The molecule has 0 saturated carbocycles. The fourth-order valence-corrected chi connectivity index (χ4v) is 2.56. The van der Waals surface area contributed by atoms with E-state index in [9.17, 15) is 4.79 Å². The first-order valence-electron chi connectivity index (χ1n) is 5.79. The normalized spacial score (nSPS) is 12.1. The molecule has 0 radical (unpaired) electrons. The van der Waals surface area contributed by atoms with E-state index >= 15 is 0 Å². The summed E-state index contributed by atoms with van der Waals surface area (Å²) in [5.74, 6) is -0.531. The second-order valence-electron chi connectivity index (χ2n) is 4.28. The van der Waals surface area contributed by atoms with Gasteiger partial charge < -0.3 is 16.2 Å². The van der Waals surface area contributed by atoms with E-state index in [2.05, 4.69) is 29.4 Å². The third-order valence-electron chi connectivity index (χ3n) is 2.71. The molecule has 0 aliphatic carbocycles. The molecule has 5 nitrogen and oxygen atoms in total. The Morgan fingerprint density at radius 1 is 1.53 bits per heavy atom. The van der Waals surface area contributed by atoms with Crippen LogP contribution < -0.4 is 11.1 Å². The number of pyridine rings is 1. The van der Waals surface area contributed by atoms with Crippen molar-refractivity contribution in [3.63, 3.8) is 0 Å². The first kappa shape index (κ1) is 13.4. The summed E-state index contributed by atoms with van der Waals surface area (Å²) in [7, 11) is 0. The fourth-order valence-electron chi connectivity index (χ4n) is 1.68. The van der Waals surface area contributed by atoms with Crippen LogP contribution in [0.15, 0.2) is 24.4 Å². The van der Waals surface area contributed by atoms with Gasteiger partial charge in [0.15, 0.2) is 0 Å². The molecule has 0 saturated heterocycles. The number of nitrogen functional groups attached to an aromatic ring is 1. The van der Waals surface area contributed by atoms with Crippen LogP contribution in [-0.2, 0) is 0 Å². The maximum Gasteiger partial charge on any atom is 0.337 e. The Balaban J connectivity index is 2.17. The van der Waals surface area contributed by atoms with Gasteiger partial charge in [-0.25, -0.2) is 9.78 Å². The van der Waals surface area contributed by atoms with Crippen molar-refractivity contribution in [2.75, 3.05) is 11.1 Å².